The molecule has 0 aliphatic carbocycles. The van der Waals surface area contributed by atoms with E-state index in [1.54, 1.807) is 0 Å². The highest BCUT2D eigenvalue weighted by molar-refractivity contribution is 8.17. The summed E-state index contributed by atoms with van der Waals surface area (Å²) >= 11 is 1.45. The number of carbonyl (C=O) groups excluding carboxylic acids is 2. The second kappa shape index (κ2) is 5.36. The maximum atomic E-state index is 10.9. The molecule has 0 bridgehead atoms. The smallest absolute Gasteiger partial charge is 0.272 e. The van der Waals surface area contributed by atoms with Crippen LogP contribution in [0.25, 0.3) is 0 Å². The molecule has 0 saturated heterocycles. The highest BCUT2D eigenvalue weighted by Gasteiger charge is 2.27. The van der Waals surface area contributed by atoms with Crippen molar-refractivity contribution in [2.45, 2.75) is 12.5 Å². The van der Waals surface area contributed by atoms with Gasteiger partial charge in [0, 0.05) is 0 Å². The molecule has 0 spiro atoms. The summed E-state index contributed by atoms with van der Waals surface area (Å²) in [6.07, 6.45) is 2.07. The van der Waals surface area contributed by atoms with Crippen molar-refractivity contribution >= 4 is 32.3 Å². The molecule has 1 atom stereocenters. The third-order valence-electron chi connectivity index (χ3n) is 1.34. The molecule has 2 N–H and O–H groups in total. The van der Waals surface area contributed by atoms with Crippen LogP contribution < -0.4 is 5.73 Å². The summed E-state index contributed by atoms with van der Waals surface area (Å²) in [5, 5.41) is -1.20. The van der Waals surface area contributed by atoms with E-state index in [9.17, 15) is 18.0 Å². The third kappa shape index (κ3) is 3.88. The quantitative estimate of drug-likeness (QED) is 0.615. The zero-order chi connectivity index (χ0) is 10.5. The van der Waals surface area contributed by atoms with Gasteiger partial charge >= 0.3 is 0 Å². The molecule has 0 aliphatic rings. The number of nitrogens with two attached hydrogens (primary N) is 1. The van der Waals surface area contributed by atoms with Crippen molar-refractivity contribution in [2.75, 3.05) is 12.0 Å². The zero-order valence-corrected chi connectivity index (χ0v) is 8.73. The fourth-order valence-electron chi connectivity index (χ4n) is 0.621. The Morgan fingerprint density at radius 3 is 2.54 bits per heavy atom. The van der Waals surface area contributed by atoms with E-state index in [0.29, 0.717) is 5.75 Å². The van der Waals surface area contributed by atoms with Gasteiger partial charge in [-0.2, -0.15) is 11.8 Å². The van der Waals surface area contributed by atoms with Gasteiger partial charge in [-0.05, 0) is 18.4 Å². The van der Waals surface area contributed by atoms with Gasteiger partial charge in [-0.1, -0.05) is 0 Å². The SMILES string of the molecule is CSCC[C@H](N)C(=O)S(=O)(=O)C=O. The Bertz CT molecular complexity index is 285. The van der Waals surface area contributed by atoms with Crippen LogP contribution in [0.4, 0.5) is 0 Å². The molecule has 0 heterocycles. The van der Waals surface area contributed by atoms with Gasteiger partial charge in [-0.25, -0.2) is 8.42 Å². The summed E-state index contributed by atoms with van der Waals surface area (Å²) in [4.78, 5) is 20.9. The summed E-state index contributed by atoms with van der Waals surface area (Å²) in [7, 11) is -4.28. The largest absolute Gasteiger partial charge is 0.321 e. The Labute approximate surface area is 81.0 Å². The minimum atomic E-state index is -4.28. The van der Waals surface area contributed by atoms with Gasteiger partial charge in [-0.3, -0.25) is 9.59 Å². The topological polar surface area (TPSA) is 94.3 Å². The lowest BCUT2D eigenvalue weighted by molar-refractivity contribution is -0.112. The molecule has 0 saturated carbocycles. The minimum Gasteiger partial charge on any atom is -0.321 e. The average molecular weight is 225 g/mol. The van der Waals surface area contributed by atoms with Gasteiger partial charge < -0.3 is 5.73 Å². The third-order valence-corrected chi connectivity index (χ3v) is 3.10. The van der Waals surface area contributed by atoms with Crippen LogP contribution in [-0.4, -0.2) is 37.2 Å². The Morgan fingerprint density at radius 1 is 1.62 bits per heavy atom. The molecule has 0 fully saturated rings. The van der Waals surface area contributed by atoms with Gasteiger partial charge in [0.25, 0.3) is 15.0 Å². The molecule has 5 nitrogen and oxygen atoms in total. The summed E-state index contributed by atoms with van der Waals surface area (Å²) in [6.45, 7) is 0. The highest BCUT2D eigenvalue weighted by atomic mass is 32.2. The molecule has 0 aromatic heterocycles. The second-order valence-corrected chi connectivity index (χ2v) is 5.02. The molecule has 0 aromatic rings. The van der Waals surface area contributed by atoms with Crippen molar-refractivity contribution in [2.24, 2.45) is 5.73 Å². The Balaban J connectivity index is 4.35. The molecule has 0 amide bonds. The van der Waals surface area contributed by atoms with E-state index in [2.05, 4.69) is 0 Å². The lowest BCUT2D eigenvalue weighted by atomic mass is 10.3. The van der Waals surface area contributed by atoms with Crippen LogP contribution in [-0.2, 0) is 19.4 Å². The van der Waals surface area contributed by atoms with E-state index in [1.807, 2.05) is 6.26 Å². The van der Waals surface area contributed by atoms with Gasteiger partial charge in [0.05, 0.1) is 6.04 Å². The Morgan fingerprint density at radius 2 is 2.15 bits per heavy atom. The fraction of sp³-hybridized carbons (Fsp3) is 0.667. The van der Waals surface area contributed by atoms with Gasteiger partial charge in [-0.15, -0.1) is 0 Å². The van der Waals surface area contributed by atoms with Crippen LogP contribution >= 0.6 is 11.8 Å². The predicted molar refractivity (Wildman–Crippen MR) is 51.7 cm³/mol. The van der Waals surface area contributed by atoms with Crippen LogP contribution in [0.1, 0.15) is 6.42 Å². The Hall–Kier alpha value is -0.400. The fourth-order valence-corrected chi connectivity index (χ4v) is 1.75. The van der Waals surface area contributed by atoms with E-state index in [-0.39, 0.29) is 12.0 Å². The van der Waals surface area contributed by atoms with Crippen LogP contribution in [0.5, 0.6) is 0 Å². The molecule has 0 aliphatic heterocycles. The normalized spacial score (nSPS) is 13.7. The summed E-state index contributed by atoms with van der Waals surface area (Å²) < 4.78 is 21.4. The molecule has 0 rings (SSSR count). The van der Waals surface area contributed by atoms with Crippen molar-refractivity contribution in [1.29, 1.82) is 0 Å². The zero-order valence-electron chi connectivity index (χ0n) is 7.10. The monoisotopic (exact) mass is 225 g/mol. The van der Waals surface area contributed by atoms with E-state index in [0.717, 1.165) is 0 Å². The van der Waals surface area contributed by atoms with Gasteiger partial charge in [0.2, 0.25) is 5.62 Å². The molecule has 76 valence electrons. The van der Waals surface area contributed by atoms with Crippen molar-refractivity contribution in [1.82, 2.24) is 0 Å². The molecule has 13 heavy (non-hydrogen) atoms. The summed E-state index contributed by atoms with van der Waals surface area (Å²) in [5.74, 6) is 0.585. The molecular formula is C6H11NO4S2. The molecule has 7 heteroatoms. The van der Waals surface area contributed by atoms with Gasteiger partial charge in [0.1, 0.15) is 0 Å². The van der Waals surface area contributed by atoms with Gasteiger partial charge in [0.15, 0.2) is 0 Å². The standard InChI is InChI=1S/C6H11NO4S2/c1-12-3-2-5(7)6(9)13(10,11)4-8/h4-5H,2-3,7H2,1H3/t5-/m0/s1. The van der Waals surface area contributed by atoms with Crippen molar-refractivity contribution < 1.29 is 18.0 Å². The molecular weight excluding hydrogens is 214 g/mol. The van der Waals surface area contributed by atoms with Crippen molar-refractivity contribution in [3.05, 3.63) is 0 Å². The first-order valence-electron chi connectivity index (χ1n) is 3.44. The summed E-state index contributed by atoms with van der Waals surface area (Å²) in [6, 6.07) is -1.09. The first-order valence-corrected chi connectivity index (χ1v) is 6.38. The summed E-state index contributed by atoms with van der Waals surface area (Å²) in [5.41, 5.74) is 4.90. The van der Waals surface area contributed by atoms with E-state index in [4.69, 9.17) is 5.73 Å². The lowest BCUT2D eigenvalue weighted by Gasteiger charge is -2.06. The molecule has 0 radical (unpaired) electrons. The predicted octanol–water partition coefficient (Wildman–Crippen LogP) is -0.802. The molecule has 0 unspecified atom stereocenters. The number of carbonyl (C=O) groups is 2. The highest BCUT2D eigenvalue weighted by Crippen LogP contribution is 2.02. The minimum absolute atomic E-state index is 0.257. The average Bonchev–Trinajstić information content (AvgIpc) is 2.12. The lowest BCUT2D eigenvalue weighted by Crippen LogP contribution is -2.36. The first kappa shape index (κ1) is 12.6. The molecule has 0 aromatic carbocycles. The number of thioether (sulfide) groups is 1. The van der Waals surface area contributed by atoms with E-state index < -0.39 is 21.0 Å². The first-order chi connectivity index (χ1) is 5.95. The number of sulfone groups is 1. The number of rotatable bonds is 5. The maximum Gasteiger partial charge on any atom is 0.272 e. The van der Waals surface area contributed by atoms with Crippen molar-refractivity contribution in [3.63, 3.8) is 0 Å². The number of hydrogen-bond acceptors (Lipinski definition) is 6. The number of hydrogen-bond donors (Lipinski definition) is 1. The van der Waals surface area contributed by atoms with E-state index in [1.165, 1.54) is 11.8 Å². The second-order valence-electron chi connectivity index (χ2n) is 2.35. The van der Waals surface area contributed by atoms with Crippen LogP contribution in [0.3, 0.4) is 0 Å². The van der Waals surface area contributed by atoms with Crippen LogP contribution in [0.2, 0.25) is 0 Å². The van der Waals surface area contributed by atoms with E-state index >= 15 is 0 Å². The van der Waals surface area contributed by atoms with Crippen LogP contribution in [0, 0.1) is 0 Å². The maximum absolute atomic E-state index is 10.9. The van der Waals surface area contributed by atoms with Crippen molar-refractivity contribution in [3.8, 4) is 0 Å². The van der Waals surface area contributed by atoms with Crippen LogP contribution in [0.15, 0.2) is 0 Å². The Kier molecular flexibility index (Phi) is 5.19.